The number of piperazine rings is 1. The van der Waals surface area contributed by atoms with Crippen molar-refractivity contribution in [3.05, 3.63) is 69.3 Å². The van der Waals surface area contributed by atoms with E-state index in [9.17, 15) is 43.8 Å². The van der Waals surface area contributed by atoms with Crippen molar-refractivity contribution < 1.29 is 43.7 Å². The predicted molar refractivity (Wildman–Crippen MR) is 175 cm³/mol. The minimum atomic E-state index is -1.45. The van der Waals surface area contributed by atoms with Crippen LogP contribution in [0.4, 0.5) is 5.95 Å². The van der Waals surface area contributed by atoms with Crippen LogP contribution in [0.2, 0.25) is 0 Å². The van der Waals surface area contributed by atoms with Crippen LogP contribution in [0.1, 0.15) is 28.9 Å². The number of esters is 1. The van der Waals surface area contributed by atoms with E-state index in [2.05, 4.69) is 25.6 Å². The van der Waals surface area contributed by atoms with Gasteiger partial charge in [-0.3, -0.25) is 33.7 Å². The number of aliphatic carboxylic acids is 1. The molecule has 0 radical (unpaired) electrons. The number of aromatic hydroxyl groups is 1. The molecule has 260 valence electrons. The van der Waals surface area contributed by atoms with E-state index >= 15 is 0 Å². The van der Waals surface area contributed by atoms with Crippen molar-refractivity contribution in [1.82, 2.24) is 35.4 Å². The number of aromatic nitrogens is 3. The maximum Gasteiger partial charge on any atom is 0.352 e. The number of thioether (sulfide) groups is 1. The van der Waals surface area contributed by atoms with Gasteiger partial charge >= 0.3 is 11.9 Å². The summed E-state index contributed by atoms with van der Waals surface area (Å²) in [5.41, 5.74) is -0.786. The lowest BCUT2D eigenvalue weighted by Crippen LogP contribution is -2.71. The van der Waals surface area contributed by atoms with Crippen LogP contribution in [0.25, 0.3) is 11.0 Å². The maximum absolute atomic E-state index is 13.7. The molecule has 2 aromatic heterocycles. The Morgan fingerprint density at radius 2 is 1.86 bits per heavy atom. The smallest absolute Gasteiger partial charge is 0.352 e. The van der Waals surface area contributed by atoms with Gasteiger partial charge in [0.25, 0.3) is 11.8 Å². The largest absolute Gasteiger partial charge is 0.508 e. The number of fused-ring (bicyclic) bond motifs is 2. The van der Waals surface area contributed by atoms with Gasteiger partial charge in [-0.15, -0.1) is 11.8 Å². The number of hydrogen-bond acceptors (Lipinski definition) is 13. The van der Waals surface area contributed by atoms with Crippen LogP contribution < -0.4 is 21.0 Å². The highest BCUT2D eigenvalue weighted by Crippen LogP contribution is 2.40. The summed E-state index contributed by atoms with van der Waals surface area (Å²) in [6.45, 7) is 2.82. The molecule has 2 fully saturated rings. The van der Waals surface area contributed by atoms with E-state index in [1.807, 2.05) is 4.90 Å². The number of carboxylic acid groups (broad SMARTS) is 1. The lowest BCUT2D eigenvalue weighted by Gasteiger charge is -2.49. The average molecular weight is 707 g/mol. The summed E-state index contributed by atoms with van der Waals surface area (Å²) in [7, 11) is 0. The number of phenols is 1. The van der Waals surface area contributed by atoms with Gasteiger partial charge in [0.15, 0.2) is 0 Å². The molecule has 6 rings (SSSR count). The van der Waals surface area contributed by atoms with Crippen LogP contribution >= 0.6 is 11.8 Å². The first-order chi connectivity index (χ1) is 24.0. The molecule has 3 aliphatic heterocycles. The summed E-state index contributed by atoms with van der Waals surface area (Å²) in [4.78, 5) is 104. The fourth-order valence-electron chi connectivity index (χ4n) is 5.74. The number of pyridine rings is 1. The number of aromatic amines is 1. The molecular weight excluding hydrogens is 676 g/mol. The van der Waals surface area contributed by atoms with Gasteiger partial charge in [0.05, 0.1) is 5.39 Å². The number of β-lactam (4-membered cyclic amide) rings is 1. The van der Waals surface area contributed by atoms with Crippen LogP contribution in [0.3, 0.4) is 0 Å². The highest BCUT2D eigenvalue weighted by molar-refractivity contribution is 8.00. The molecule has 5 heterocycles. The number of ether oxygens (including phenoxy) is 1. The van der Waals surface area contributed by atoms with E-state index in [0.29, 0.717) is 32.1 Å². The molecule has 2 saturated heterocycles. The molecule has 19 heteroatoms. The molecule has 1 unspecified atom stereocenters. The zero-order chi connectivity index (χ0) is 35.7. The second-order valence-corrected chi connectivity index (χ2v) is 12.6. The minimum Gasteiger partial charge on any atom is -0.508 e. The van der Waals surface area contributed by atoms with E-state index in [1.54, 1.807) is 4.90 Å². The number of nitrogens with zero attached hydrogens (tertiary/aromatic N) is 5. The Labute approximate surface area is 286 Å². The number of rotatable bonds is 10. The van der Waals surface area contributed by atoms with Gasteiger partial charge in [-0.05, 0) is 17.7 Å². The molecule has 3 aromatic rings. The van der Waals surface area contributed by atoms with Crippen molar-refractivity contribution in [2.75, 3.05) is 43.4 Å². The molecule has 0 saturated carbocycles. The normalized spacial score (nSPS) is 19.3. The van der Waals surface area contributed by atoms with E-state index in [0.717, 1.165) is 29.3 Å². The Balaban J connectivity index is 1.21. The van der Waals surface area contributed by atoms with E-state index < -0.39 is 52.5 Å². The number of carboxylic acids is 1. The van der Waals surface area contributed by atoms with Crippen LogP contribution in [-0.4, -0.2) is 121 Å². The number of nitrogens with one attached hydrogen (secondary N) is 3. The maximum atomic E-state index is 13.7. The third kappa shape index (κ3) is 6.53. The minimum absolute atomic E-state index is 0.0170. The Morgan fingerprint density at radius 1 is 1.14 bits per heavy atom. The third-order valence-corrected chi connectivity index (χ3v) is 9.71. The number of benzene rings is 1. The van der Waals surface area contributed by atoms with Crippen molar-refractivity contribution in [3.8, 4) is 5.75 Å². The van der Waals surface area contributed by atoms with Crippen molar-refractivity contribution in [2.45, 2.75) is 24.4 Å². The molecule has 3 atom stereocenters. The summed E-state index contributed by atoms with van der Waals surface area (Å²) in [6, 6.07) is 2.73. The lowest BCUT2D eigenvalue weighted by atomic mass is 10.0. The summed E-state index contributed by atoms with van der Waals surface area (Å²) >= 11 is 1.16. The Hall–Kier alpha value is -5.98. The van der Waals surface area contributed by atoms with Gasteiger partial charge in [-0.2, -0.15) is 4.98 Å². The molecule has 5 N–H and O–H groups in total. The first kappa shape index (κ1) is 33.9. The van der Waals surface area contributed by atoms with Crippen molar-refractivity contribution >= 4 is 64.8 Å². The Kier molecular flexibility index (Phi) is 9.40. The quantitative estimate of drug-likeness (QED) is 0.0973. The SMILES string of the molecule is CC(=O)OCC1=C(C(=O)O)N2C(=O)[C@@H](NC(=O)C(NC(=O)c3c[nH]c4nc(N5CCN(C=O)CC5)ncc4c3=O)c3ccc(O)cc3)[C@H]2SC1. The first-order valence-electron chi connectivity index (χ1n) is 15.2. The van der Waals surface area contributed by atoms with Crippen molar-refractivity contribution in [2.24, 2.45) is 0 Å². The summed E-state index contributed by atoms with van der Waals surface area (Å²) in [5, 5.41) is 24.0. The van der Waals surface area contributed by atoms with Crippen LogP contribution in [-0.2, 0) is 28.7 Å². The third-order valence-electron chi connectivity index (χ3n) is 8.37. The lowest BCUT2D eigenvalue weighted by molar-refractivity contribution is -0.151. The number of carbonyl (C=O) groups excluding carboxylic acids is 5. The Morgan fingerprint density at radius 3 is 2.52 bits per heavy atom. The van der Waals surface area contributed by atoms with E-state index in [1.165, 1.54) is 37.4 Å². The zero-order valence-electron chi connectivity index (χ0n) is 26.3. The van der Waals surface area contributed by atoms with Gasteiger partial charge in [-0.25, -0.2) is 9.78 Å². The van der Waals surface area contributed by atoms with Gasteiger partial charge in [0.2, 0.25) is 23.7 Å². The number of anilines is 1. The fourth-order valence-corrected chi connectivity index (χ4v) is 7.07. The van der Waals surface area contributed by atoms with E-state index in [-0.39, 0.29) is 51.5 Å². The second kappa shape index (κ2) is 13.9. The van der Waals surface area contributed by atoms with Gasteiger partial charge in [-0.1, -0.05) is 12.1 Å². The monoisotopic (exact) mass is 706 g/mol. The van der Waals surface area contributed by atoms with Crippen molar-refractivity contribution in [1.29, 1.82) is 0 Å². The number of H-pyrrole nitrogens is 1. The zero-order valence-corrected chi connectivity index (χ0v) is 27.1. The highest BCUT2D eigenvalue weighted by Gasteiger charge is 2.54. The van der Waals surface area contributed by atoms with Crippen LogP contribution in [0.5, 0.6) is 5.75 Å². The molecule has 0 spiro atoms. The number of amides is 4. The number of phenolic OH excluding ortho intramolecular Hbond substituents is 1. The molecule has 18 nitrogen and oxygen atoms in total. The molecule has 0 bridgehead atoms. The molecule has 50 heavy (non-hydrogen) atoms. The standard InChI is InChI=1S/C31H30N8O10S/c1-15(41)49-12-17-13-50-29-22(28(46)39(29)23(17)30(47)48)35-27(45)21(16-2-4-18(42)5-3-16)34-26(44)20-11-32-25-19(24(20)43)10-33-31(36-25)38-8-6-37(14-40)7-9-38/h2-5,10-11,14,21-22,29,42H,6-9,12-13H2,1H3,(H,34,44)(H,35,45)(H,47,48)(H,32,33,36,43)/t21?,22-,29-/m1/s1. The highest BCUT2D eigenvalue weighted by atomic mass is 32.2. The summed E-state index contributed by atoms with van der Waals surface area (Å²) in [5.74, 6) is -4.18. The van der Waals surface area contributed by atoms with Gasteiger partial charge < -0.3 is 40.4 Å². The fraction of sp³-hybridized carbons (Fsp3) is 0.323. The van der Waals surface area contributed by atoms with Gasteiger partial charge in [0.1, 0.15) is 46.7 Å². The first-order valence-corrected chi connectivity index (χ1v) is 16.3. The topological polar surface area (TPSA) is 245 Å². The van der Waals surface area contributed by atoms with Crippen molar-refractivity contribution in [3.63, 3.8) is 0 Å². The van der Waals surface area contributed by atoms with Gasteiger partial charge in [0, 0.05) is 56.8 Å². The van der Waals surface area contributed by atoms with E-state index in [4.69, 9.17) is 4.74 Å². The number of carbonyl (C=O) groups is 6. The second-order valence-electron chi connectivity index (χ2n) is 11.5. The molecule has 3 aliphatic rings. The molecule has 4 amide bonds. The average Bonchev–Trinajstić information content (AvgIpc) is 3.11. The summed E-state index contributed by atoms with van der Waals surface area (Å²) in [6.07, 6.45) is 3.22. The molecule has 0 aliphatic carbocycles. The summed E-state index contributed by atoms with van der Waals surface area (Å²) < 4.78 is 4.94. The Bertz CT molecular complexity index is 1990. The predicted octanol–water partition coefficient (Wildman–Crippen LogP) is -0.925. The number of hydrogen-bond donors (Lipinski definition) is 5. The van der Waals surface area contributed by atoms with Crippen LogP contribution in [0.15, 0.2) is 52.7 Å². The molecular formula is C31H30N8O10S. The van der Waals surface area contributed by atoms with Crippen LogP contribution in [0, 0.1) is 0 Å². The molecule has 1 aromatic carbocycles.